The van der Waals surface area contributed by atoms with Gasteiger partial charge in [0.2, 0.25) is 0 Å². The van der Waals surface area contributed by atoms with Crippen molar-refractivity contribution in [1.29, 1.82) is 0 Å². The van der Waals surface area contributed by atoms with E-state index < -0.39 is 11.6 Å². The second kappa shape index (κ2) is 5.55. The molecule has 1 aliphatic heterocycles. The van der Waals surface area contributed by atoms with Crippen LogP contribution < -0.4 is 5.73 Å². The molecule has 3 N–H and O–H groups in total. The van der Waals surface area contributed by atoms with Gasteiger partial charge >= 0.3 is 12.1 Å². The highest BCUT2D eigenvalue weighted by molar-refractivity contribution is 7.16. The van der Waals surface area contributed by atoms with Crippen molar-refractivity contribution < 1.29 is 19.4 Å². The zero-order chi connectivity index (χ0) is 15.8. The summed E-state index contributed by atoms with van der Waals surface area (Å²) in [6.45, 7) is 6.36. The number of nitrogen functional groups attached to an aromatic ring is 1. The fourth-order valence-electron chi connectivity index (χ4n) is 2.34. The number of hydrogen-bond donors (Lipinski definition) is 2. The molecule has 0 bridgehead atoms. The molecule has 6 nitrogen and oxygen atoms in total. The molecule has 1 aromatic heterocycles. The van der Waals surface area contributed by atoms with E-state index in [4.69, 9.17) is 10.5 Å². The molecule has 0 unspecified atom stereocenters. The number of hydrogen-bond acceptors (Lipinski definition) is 5. The molecule has 21 heavy (non-hydrogen) atoms. The zero-order valence-electron chi connectivity index (χ0n) is 12.4. The number of carboxylic acid groups (broad SMARTS) is 1. The molecule has 1 aliphatic rings. The molecule has 2 heterocycles. The monoisotopic (exact) mass is 312 g/mol. The van der Waals surface area contributed by atoms with Crippen molar-refractivity contribution >= 4 is 28.4 Å². The largest absolute Gasteiger partial charge is 0.478 e. The molecule has 0 spiro atoms. The average molecular weight is 312 g/mol. The molecule has 116 valence electrons. The number of thiophene rings is 1. The van der Waals surface area contributed by atoms with E-state index in [0.29, 0.717) is 30.9 Å². The summed E-state index contributed by atoms with van der Waals surface area (Å²) in [4.78, 5) is 25.9. The van der Waals surface area contributed by atoms with Gasteiger partial charge in [0, 0.05) is 11.4 Å². The molecule has 0 saturated heterocycles. The van der Waals surface area contributed by atoms with Crippen molar-refractivity contribution in [3.05, 3.63) is 16.0 Å². The van der Waals surface area contributed by atoms with Crippen LogP contribution in [0.2, 0.25) is 0 Å². The highest BCUT2D eigenvalue weighted by atomic mass is 32.1. The second-order valence-corrected chi connectivity index (χ2v) is 7.19. The molecule has 7 heteroatoms. The summed E-state index contributed by atoms with van der Waals surface area (Å²) in [6, 6.07) is 0. The Hall–Kier alpha value is -1.76. The Morgan fingerprint density at radius 2 is 2.05 bits per heavy atom. The SMILES string of the molecule is CC(C)(C)OC(=O)N1CCCc2c(sc(N)c2C(=O)O)C1. The van der Waals surface area contributed by atoms with Gasteiger partial charge in [0.05, 0.1) is 12.1 Å². The number of ether oxygens (including phenoxy) is 1. The first-order chi connectivity index (χ1) is 9.69. The number of rotatable bonds is 1. The first-order valence-electron chi connectivity index (χ1n) is 6.80. The Balaban J connectivity index is 2.24. The fraction of sp³-hybridized carbons (Fsp3) is 0.571. The summed E-state index contributed by atoms with van der Waals surface area (Å²) in [7, 11) is 0. The van der Waals surface area contributed by atoms with E-state index in [9.17, 15) is 14.7 Å². The van der Waals surface area contributed by atoms with Gasteiger partial charge < -0.3 is 20.5 Å². The van der Waals surface area contributed by atoms with Crippen molar-refractivity contribution in [3.63, 3.8) is 0 Å². The van der Waals surface area contributed by atoms with Gasteiger partial charge in [-0.25, -0.2) is 9.59 Å². The lowest BCUT2D eigenvalue weighted by Gasteiger charge is -2.26. The number of nitrogens with zero attached hydrogens (tertiary/aromatic N) is 1. The van der Waals surface area contributed by atoms with E-state index in [0.717, 1.165) is 10.4 Å². The zero-order valence-corrected chi connectivity index (χ0v) is 13.2. The van der Waals surface area contributed by atoms with Crippen molar-refractivity contribution in [2.45, 2.75) is 45.8 Å². The summed E-state index contributed by atoms with van der Waals surface area (Å²) in [5, 5.41) is 9.56. The number of carboxylic acids is 1. The van der Waals surface area contributed by atoms with Crippen LogP contribution in [0.3, 0.4) is 0 Å². The standard InChI is InChI=1S/C14H20N2O4S/c1-14(2,3)20-13(19)16-6-4-5-8-9(7-16)21-11(15)10(8)12(17)18/h4-7,15H2,1-3H3,(H,17,18). The first kappa shape index (κ1) is 15.6. The third kappa shape index (κ3) is 3.47. The third-order valence-corrected chi connectivity index (χ3v) is 4.22. The summed E-state index contributed by atoms with van der Waals surface area (Å²) < 4.78 is 5.38. The Bertz CT molecular complexity index is 574. The molecule has 0 aromatic carbocycles. The van der Waals surface area contributed by atoms with Gasteiger partial charge in [-0.05, 0) is 39.2 Å². The van der Waals surface area contributed by atoms with Gasteiger partial charge in [-0.15, -0.1) is 11.3 Å². The summed E-state index contributed by atoms with van der Waals surface area (Å²) in [5.74, 6) is -1.00. The van der Waals surface area contributed by atoms with Crippen LogP contribution in [-0.2, 0) is 17.7 Å². The predicted molar refractivity (Wildman–Crippen MR) is 80.7 cm³/mol. The smallest absolute Gasteiger partial charge is 0.410 e. The van der Waals surface area contributed by atoms with Gasteiger partial charge in [0.15, 0.2) is 0 Å². The van der Waals surface area contributed by atoms with Crippen molar-refractivity contribution in [3.8, 4) is 0 Å². The molecule has 0 saturated carbocycles. The number of amides is 1. The molecule has 0 fully saturated rings. The van der Waals surface area contributed by atoms with Crippen LogP contribution in [0.1, 0.15) is 48.0 Å². The number of nitrogens with two attached hydrogens (primary N) is 1. The Kier molecular flexibility index (Phi) is 4.13. The van der Waals surface area contributed by atoms with Crippen molar-refractivity contribution in [2.24, 2.45) is 0 Å². The molecule has 2 rings (SSSR count). The van der Waals surface area contributed by atoms with E-state index in [2.05, 4.69) is 0 Å². The molecule has 0 atom stereocenters. The molecule has 0 aliphatic carbocycles. The topological polar surface area (TPSA) is 92.9 Å². The maximum atomic E-state index is 12.2. The molecule has 1 aromatic rings. The van der Waals surface area contributed by atoms with E-state index in [1.165, 1.54) is 11.3 Å². The molecular formula is C14H20N2O4S. The van der Waals surface area contributed by atoms with Crippen LogP contribution >= 0.6 is 11.3 Å². The lowest BCUT2D eigenvalue weighted by atomic mass is 10.1. The van der Waals surface area contributed by atoms with Crippen LogP contribution in [-0.4, -0.2) is 34.2 Å². The molecule has 1 amide bonds. The average Bonchev–Trinajstić information content (AvgIpc) is 2.50. The highest BCUT2D eigenvalue weighted by Gasteiger charge is 2.29. The van der Waals surface area contributed by atoms with Gasteiger partial charge in [-0.3, -0.25) is 0 Å². The van der Waals surface area contributed by atoms with E-state index in [-0.39, 0.29) is 11.7 Å². The van der Waals surface area contributed by atoms with E-state index >= 15 is 0 Å². The summed E-state index contributed by atoms with van der Waals surface area (Å²) >= 11 is 1.25. The summed E-state index contributed by atoms with van der Waals surface area (Å²) in [5.41, 5.74) is 6.21. The van der Waals surface area contributed by atoms with Crippen molar-refractivity contribution in [2.75, 3.05) is 12.3 Å². The normalized spacial score (nSPS) is 15.3. The number of anilines is 1. The number of carbonyl (C=O) groups is 2. The van der Waals surface area contributed by atoms with E-state index in [1.54, 1.807) is 4.90 Å². The van der Waals surface area contributed by atoms with Gasteiger partial charge in [-0.2, -0.15) is 0 Å². The number of fused-ring (bicyclic) bond motifs is 1. The quantitative estimate of drug-likeness (QED) is 0.831. The lowest BCUT2D eigenvalue weighted by Crippen LogP contribution is -2.36. The maximum Gasteiger partial charge on any atom is 0.410 e. The van der Waals surface area contributed by atoms with Crippen LogP contribution in [0.25, 0.3) is 0 Å². The number of aromatic carboxylic acids is 1. The maximum absolute atomic E-state index is 12.2. The summed E-state index contributed by atoms with van der Waals surface area (Å²) in [6.07, 6.45) is 0.936. The van der Waals surface area contributed by atoms with Gasteiger partial charge in [-0.1, -0.05) is 0 Å². The van der Waals surface area contributed by atoms with Crippen molar-refractivity contribution in [1.82, 2.24) is 4.90 Å². The Morgan fingerprint density at radius 1 is 1.38 bits per heavy atom. The lowest BCUT2D eigenvalue weighted by molar-refractivity contribution is 0.0238. The molecule has 0 radical (unpaired) electrons. The number of carbonyl (C=O) groups excluding carboxylic acids is 1. The van der Waals surface area contributed by atoms with Crippen LogP contribution in [0, 0.1) is 0 Å². The van der Waals surface area contributed by atoms with Crippen LogP contribution in [0.15, 0.2) is 0 Å². The van der Waals surface area contributed by atoms with Gasteiger partial charge in [0.25, 0.3) is 0 Å². The second-order valence-electron chi connectivity index (χ2n) is 6.05. The minimum Gasteiger partial charge on any atom is -0.478 e. The van der Waals surface area contributed by atoms with Crippen LogP contribution in [0.5, 0.6) is 0 Å². The Morgan fingerprint density at radius 3 is 2.62 bits per heavy atom. The minimum atomic E-state index is -1.00. The minimum absolute atomic E-state index is 0.195. The predicted octanol–water partition coefficient (Wildman–Crippen LogP) is 2.71. The third-order valence-electron chi connectivity index (χ3n) is 3.17. The highest BCUT2D eigenvalue weighted by Crippen LogP contribution is 2.35. The van der Waals surface area contributed by atoms with Crippen LogP contribution in [0.4, 0.5) is 9.80 Å². The molecular weight excluding hydrogens is 292 g/mol. The Labute approximate surface area is 127 Å². The fourth-order valence-corrected chi connectivity index (χ4v) is 3.47. The van der Waals surface area contributed by atoms with Gasteiger partial charge in [0.1, 0.15) is 10.6 Å². The van der Waals surface area contributed by atoms with E-state index in [1.807, 2.05) is 20.8 Å². The first-order valence-corrected chi connectivity index (χ1v) is 7.62.